The van der Waals surface area contributed by atoms with Crippen LogP contribution in [0.25, 0.3) is 0 Å². The minimum absolute atomic E-state index is 0.149. The SMILES string of the molecule is CC(C)(Oc1ccc(C(=O)c2ccc(Cl)cc2)cc1)C(=O)NNC(=O)c1ccccc1. The highest BCUT2D eigenvalue weighted by molar-refractivity contribution is 6.30. The highest BCUT2D eigenvalue weighted by Crippen LogP contribution is 2.21. The van der Waals surface area contributed by atoms with Crippen molar-refractivity contribution >= 4 is 29.2 Å². The molecule has 0 atom stereocenters. The van der Waals surface area contributed by atoms with Gasteiger partial charge in [-0.2, -0.15) is 0 Å². The molecule has 3 aromatic carbocycles. The van der Waals surface area contributed by atoms with E-state index in [2.05, 4.69) is 10.9 Å². The Morgan fingerprint density at radius 2 is 1.29 bits per heavy atom. The van der Waals surface area contributed by atoms with E-state index >= 15 is 0 Å². The molecule has 31 heavy (non-hydrogen) atoms. The minimum atomic E-state index is -1.27. The standard InChI is InChI=1S/C24H21ClN2O4/c1-24(2,23(30)27-26-22(29)18-6-4-3-5-7-18)31-20-14-10-17(11-15-20)21(28)16-8-12-19(25)13-9-16/h3-15H,1-2H3,(H,26,29)(H,27,30). The lowest BCUT2D eigenvalue weighted by atomic mass is 10.0. The summed E-state index contributed by atoms with van der Waals surface area (Å²) in [6, 6.07) is 21.6. The number of ether oxygens (including phenoxy) is 1. The van der Waals surface area contributed by atoms with Crippen LogP contribution < -0.4 is 15.6 Å². The first-order chi connectivity index (χ1) is 14.8. The number of halogens is 1. The van der Waals surface area contributed by atoms with Gasteiger partial charge >= 0.3 is 0 Å². The van der Waals surface area contributed by atoms with Gasteiger partial charge in [0.05, 0.1) is 0 Å². The van der Waals surface area contributed by atoms with Crippen molar-refractivity contribution in [2.24, 2.45) is 0 Å². The summed E-state index contributed by atoms with van der Waals surface area (Å²) in [6.07, 6.45) is 0. The van der Waals surface area contributed by atoms with Crippen molar-refractivity contribution in [1.82, 2.24) is 10.9 Å². The van der Waals surface area contributed by atoms with Gasteiger partial charge in [-0.15, -0.1) is 0 Å². The normalized spacial score (nSPS) is 10.8. The molecule has 0 aliphatic rings. The van der Waals surface area contributed by atoms with E-state index < -0.39 is 17.4 Å². The largest absolute Gasteiger partial charge is 0.478 e. The second-order valence-electron chi connectivity index (χ2n) is 7.25. The highest BCUT2D eigenvalue weighted by atomic mass is 35.5. The van der Waals surface area contributed by atoms with Gasteiger partial charge in [-0.05, 0) is 74.5 Å². The number of hydrogen-bond acceptors (Lipinski definition) is 4. The second kappa shape index (κ2) is 9.45. The van der Waals surface area contributed by atoms with Crippen molar-refractivity contribution in [2.45, 2.75) is 19.4 Å². The zero-order valence-corrected chi connectivity index (χ0v) is 17.8. The molecule has 0 heterocycles. The van der Waals surface area contributed by atoms with Crippen LogP contribution in [0.4, 0.5) is 0 Å². The van der Waals surface area contributed by atoms with Crippen molar-refractivity contribution in [3.05, 3.63) is 101 Å². The molecule has 7 heteroatoms. The maximum absolute atomic E-state index is 12.5. The number of carbonyl (C=O) groups excluding carboxylic acids is 3. The van der Waals surface area contributed by atoms with Crippen molar-refractivity contribution in [3.8, 4) is 5.75 Å². The molecule has 2 amide bonds. The molecule has 6 nitrogen and oxygen atoms in total. The topological polar surface area (TPSA) is 84.5 Å². The lowest BCUT2D eigenvalue weighted by Crippen LogP contribution is -2.53. The van der Waals surface area contributed by atoms with Crippen LogP contribution in [-0.2, 0) is 4.79 Å². The predicted octanol–water partition coefficient (Wildman–Crippen LogP) is 4.19. The maximum Gasteiger partial charge on any atom is 0.281 e. The summed E-state index contributed by atoms with van der Waals surface area (Å²) in [5.74, 6) is -0.709. The molecule has 0 saturated carbocycles. The summed E-state index contributed by atoms with van der Waals surface area (Å²) in [6.45, 7) is 3.15. The van der Waals surface area contributed by atoms with Crippen molar-refractivity contribution in [1.29, 1.82) is 0 Å². The molecule has 0 saturated heterocycles. The lowest BCUT2D eigenvalue weighted by Gasteiger charge is -2.25. The molecule has 0 radical (unpaired) electrons. The molecule has 0 aliphatic carbocycles. The molecule has 3 rings (SSSR count). The number of ketones is 1. The van der Waals surface area contributed by atoms with E-state index in [0.29, 0.717) is 27.5 Å². The molecule has 0 unspecified atom stereocenters. The number of hydrogen-bond donors (Lipinski definition) is 2. The number of nitrogens with one attached hydrogen (secondary N) is 2. The second-order valence-corrected chi connectivity index (χ2v) is 7.68. The Morgan fingerprint density at radius 1 is 0.742 bits per heavy atom. The van der Waals surface area contributed by atoms with E-state index in [9.17, 15) is 14.4 Å². The molecule has 0 spiro atoms. The molecular weight excluding hydrogens is 416 g/mol. The highest BCUT2D eigenvalue weighted by Gasteiger charge is 2.30. The van der Waals surface area contributed by atoms with Gasteiger partial charge in [-0.1, -0.05) is 29.8 Å². The zero-order valence-electron chi connectivity index (χ0n) is 17.0. The predicted molar refractivity (Wildman–Crippen MR) is 118 cm³/mol. The molecule has 0 aromatic heterocycles. The van der Waals surface area contributed by atoms with Crippen molar-refractivity contribution < 1.29 is 19.1 Å². The fourth-order valence-corrected chi connectivity index (χ4v) is 2.83. The first-order valence-corrected chi connectivity index (χ1v) is 9.89. The van der Waals surface area contributed by atoms with Crippen LogP contribution in [0.2, 0.25) is 5.02 Å². The van der Waals surface area contributed by atoms with Gasteiger partial charge in [0.2, 0.25) is 0 Å². The third-order valence-electron chi connectivity index (χ3n) is 4.47. The van der Waals surface area contributed by atoms with E-state index in [4.69, 9.17) is 16.3 Å². The van der Waals surface area contributed by atoms with Crippen LogP contribution in [0.15, 0.2) is 78.9 Å². The van der Waals surface area contributed by atoms with E-state index in [-0.39, 0.29) is 5.78 Å². The third-order valence-corrected chi connectivity index (χ3v) is 4.72. The summed E-state index contributed by atoms with van der Waals surface area (Å²) >= 11 is 5.86. The number of benzene rings is 3. The Hall–Kier alpha value is -3.64. The maximum atomic E-state index is 12.5. The van der Waals surface area contributed by atoms with Crippen molar-refractivity contribution in [3.63, 3.8) is 0 Å². The summed E-state index contributed by atoms with van der Waals surface area (Å²) in [4.78, 5) is 37.1. The first kappa shape index (κ1) is 22.1. The van der Waals surface area contributed by atoms with E-state index in [1.807, 2.05) is 0 Å². The Labute approximate surface area is 185 Å². The van der Waals surface area contributed by atoms with Gasteiger partial charge in [0.15, 0.2) is 11.4 Å². The van der Waals surface area contributed by atoms with E-state index in [1.165, 1.54) is 0 Å². The van der Waals surface area contributed by atoms with Crippen LogP contribution >= 0.6 is 11.6 Å². The van der Waals surface area contributed by atoms with Crippen LogP contribution in [0, 0.1) is 0 Å². The van der Waals surface area contributed by atoms with Crippen LogP contribution in [0.1, 0.15) is 40.1 Å². The Morgan fingerprint density at radius 3 is 1.87 bits per heavy atom. The molecule has 0 bridgehead atoms. The Balaban J connectivity index is 1.60. The molecule has 2 N–H and O–H groups in total. The Bertz CT molecular complexity index is 1080. The number of carbonyl (C=O) groups is 3. The molecule has 158 valence electrons. The fourth-order valence-electron chi connectivity index (χ4n) is 2.71. The van der Waals surface area contributed by atoms with Gasteiger partial charge in [0, 0.05) is 21.7 Å². The number of rotatable bonds is 6. The monoisotopic (exact) mass is 436 g/mol. The smallest absolute Gasteiger partial charge is 0.281 e. The van der Waals surface area contributed by atoms with Gasteiger partial charge in [0.1, 0.15) is 5.75 Å². The van der Waals surface area contributed by atoms with Crippen molar-refractivity contribution in [2.75, 3.05) is 0 Å². The summed E-state index contributed by atoms with van der Waals surface area (Å²) < 4.78 is 5.77. The van der Waals surface area contributed by atoms with Gasteiger partial charge in [0.25, 0.3) is 11.8 Å². The average Bonchev–Trinajstić information content (AvgIpc) is 2.78. The zero-order chi connectivity index (χ0) is 22.4. The fraction of sp³-hybridized carbons (Fsp3) is 0.125. The molecule has 3 aromatic rings. The number of amides is 2. The van der Waals surface area contributed by atoms with Gasteiger partial charge in [-0.3, -0.25) is 25.2 Å². The Kier molecular flexibility index (Phi) is 6.72. The van der Waals surface area contributed by atoms with E-state index in [1.54, 1.807) is 92.7 Å². The summed E-state index contributed by atoms with van der Waals surface area (Å²) in [7, 11) is 0. The number of hydrazine groups is 1. The first-order valence-electron chi connectivity index (χ1n) is 9.51. The third kappa shape index (κ3) is 5.71. The van der Waals surface area contributed by atoms with Crippen LogP contribution in [0.5, 0.6) is 5.75 Å². The summed E-state index contributed by atoms with van der Waals surface area (Å²) in [5.41, 5.74) is 4.88. The molecule has 0 fully saturated rings. The van der Waals surface area contributed by atoms with Crippen LogP contribution in [-0.4, -0.2) is 23.2 Å². The molecule has 0 aliphatic heterocycles. The molecular formula is C24H21ClN2O4. The van der Waals surface area contributed by atoms with Gasteiger partial charge < -0.3 is 4.74 Å². The summed E-state index contributed by atoms with van der Waals surface area (Å²) in [5, 5.41) is 0.556. The van der Waals surface area contributed by atoms with E-state index in [0.717, 1.165) is 0 Å². The minimum Gasteiger partial charge on any atom is -0.478 e. The average molecular weight is 437 g/mol. The quantitative estimate of drug-likeness (QED) is 0.448. The lowest BCUT2D eigenvalue weighted by molar-refractivity contribution is -0.135. The van der Waals surface area contributed by atoms with Gasteiger partial charge in [-0.25, -0.2) is 0 Å². The van der Waals surface area contributed by atoms with Crippen LogP contribution in [0.3, 0.4) is 0 Å².